The average Bonchev–Trinajstić information content (AvgIpc) is 2.31. The molecular formula is C6H5N3O2. The zero-order valence-electron chi connectivity index (χ0n) is 5.77. The van der Waals surface area contributed by atoms with Crippen molar-refractivity contribution in [2.24, 2.45) is 0 Å². The van der Waals surface area contributed by atoms with Gasteiger partial charge in [-0.05, 0) is 6.92 Å². The van der Waals surface area contributed by atoms with Gasteiger partial charge in [-0.2, -0.15) is 15.0 Å². The largest absolute Gasteiger partial charge is 0.463 e. The van der Waals surface area contributed by atoms with E-state index in [4.69, 9.17) is 10.4 Å². The lowest BCUT2D eigenvalue weighted by Crippen LogP contribution is -2.07. The summed E-state index contributed by atoms with van der Waals surface area (Å²) >= 11 is 0. The molecule has 0 amide bonds. The smallest absolute Gasteiger partial charge is 0.432 e. The molecule has 1 N–H and O–H groups in total. The Kier molecular flexibility index (Phi) is 1.60. The van der Waals surface area contributed by atoms with Crippen molar-refractivity contribution in [1.82, 2.24) is 9.78 Å². The van der Waals surface area contributed by atoms with Crippen molar-refractivity contribution >= 4 is 6.09 Å². The van der Waals surface area contributed by atoms with Gasteiger partial charge < -0.3 is 5.11 Å². The number of rotatable bonds is 0. The summed E-state index contributed by atoms with van der Waals surface area (Å²) < 4.78 is 0.716. The molecule has 0 aliphatic rings. The second-order valence-electron chi connectivity index (χ2n) is 1.97. The maximum atomic E-state index is 10.3. The molecule has 0 aromatic carbocycles. The molecular weight excluding hydrogens is 146 g/mol. The summed E-state index contributed by atoms with van der Waals surface area (Å²) in [6.45, 7) is 1.58. The van der Waals surface area contributed by atoms with Gasteiger partial charge in [0.05, 0.1) is 17.5 Å². The fourth-order valence-corrected chi connectivity index (χ4v) is 0.668. The number of carbonyl (C=O) groups is 1. The van der Waals surface area contributed by atoms with Crippen molar-refractivity contribution in [1.29, 1.82) is 5.26 Å². The fourth-order valence-electron chi connectivity index (χ4n) is 0.668. The van der Waals surface area contributed by atoms with Gasteiger partial charge in [-0.15, -0.1) is 0 Å². The van der Waals surface area contributed by atoms with E-state index in [2.05, 4.69) is 5.10 Å². The van der Waals surface area contributed by atoms with Crippen LogP contribution in [0.2, 0.25) is 0 Å². The van der Waals surface area contributed by atoms with E-state index in [1.807, 2.05) is 6.07 Å². The van der Waals surface area contributed by atoms with Crippen molar-refractivity contribution in [3.05, 3.63) is 17.5 Å². The van der Waals surface area contributed by atoms with Crippen LogP contribution in [0.15, 0.2) is 6.20 Å². The van der Waals surface area contributed by atoms with Gasteiger partial charge >= 0.3 is 6.09 Å². The highest BCUT2D eigenvalue weighted by Crippen LogP contribution is 2.02. The Labute approximate surface area is 62.5 Å². The Bertz CT molecular complexity index is 334. The van der Waals surface area contributed by atoms with Gasteiger partial charge in [-0.1, -0.05) is 0 Å². The van der Waals surface area contributed by atoms with E-state index in [0.29, 0.717) is 10.4 Å². The molecule has 1 aromatic heterocycles. The zero-order valence-corrected chi connectivity index (χ0v) is 5.77. The fraction of sp³-hybridized carbons (Fsp3) is 0.167. The number of nitrogens with zero attached hydrogens (tertiary/aromatic N) is 3. The summed E-state index contributed by atoms with van der Waals surface area (Å²) in [5.74, 6) is 0. The van der Waals surface area contributed by atoms with Crippen LogP contribution in [0.5, 0.6) is 0 Å². The summed E-state index contributed by atoms with van der Waals surface area (Å²) in [7, 11) is 0. The van der Waals surface area contributed by atoms with Crippen LogP contribution in [0.3, 0.4) is 0 Å². The van der Waals surface area contributed by atoms with Crippen LogP contribution in [-0.2, 0) is 0 Å². The highest BCUT2D eigenvalue weighted by Gasteiger charge is 2.07. The first-order chi connectivity index (χ1) is 5.15. The van der Waals surface area contributed by atoms with E-state index in [9.17, 15) is 4.79 Å². The summed E-state index contributed by atoms with van der Waals surface area (Å²) in [6, 6.07) is 1.82. The minimum Gasteiger partial charge on any atom is -0.463 e. The standard InChI is InChI=1S/C6H5N3O2/c1-4-5(2-7)3-9(8-4)6(10)11/h3H,1H3,(H,10,11). The Hall–Kier alpha value is -1.83. The molecule has 1 aromatic rings. The van der Waals surface area contributed by atoms with Crippen molar-refractivity contribution in [2.75, 3.05) is 0 Å². The van der Waals surface area contributed by atoms with Crippen molar-refractivity contribution in [2.45, 2.75) is 6.92 Å². The molecule has 0 saturated heterocycles. The lowest BCUT2D eigenvalue weighted by atomic mass is 10.3. The molecule has 0 fully saturated rings. The molecule has 11 heavy (non-hydrogen) atoms. The van der Waals surface area contributed by atoms with Crippen molar-refractivity contribution < 1.29 is 9.90 Å². The Morgan fingerprint density at radius 1 is 1.91 bits per heavy atom. The van der Waals surface area contributed by atoms with Gasteiger partial charge in [0.2, 0.25) is 0 Å². The molecule has 1 rings (SSSR count). The molecule has 56 valence electrons. The summed E-state index contributed by atoms with van der Waals surface area (Å²) in [6.07, 6.45) is -0.00731. The third-order valence-electron chi connectivity index (χ3n) is 1.22. The first-order valence-corrected chi connectivity index (χ1v) is 2.85. The maximum absolute atomic E-state index is 10.3. The highest BCUT2D eigenvalue weighted by atomic mass is 16.4. The molecule has 5 heteroatoms. The number of aromatic nitrogens is 2. The predicted molar refractivity (Wildman–Crippen MR) is 35.1 cm³/mol. The van der Waals surface area contributed by atoms with Gasteiger partial charge in [0.1, 0.15) is 6.07 Å². The van der Waals surface area contributed by atoms with E-state index in [0.717, 1.165) is 0 Å². The minimum absolute atomic E-state index is 0.285. The highest BCUT2D eigenvalue weighted by molar-refractivity contribution is 5.67. The molecule has 0 aliphatic carbocycles. The van der Waals surface area contributed by atoms with Crippen LogP contribution < -0.4 is 0 Å². The molecule has 0 unspecified atom stereocenters. The minimum atomic E-state index is -1.19. The van der Waals surface area contributed by atoms with Crippen LogP contribution >= 0.6 is 0 Å². The number of hydrogen-bond donors (Lipinski definition) is 1. The van der Waals surface area contributed by atoms with E-state index in [1.165, 1.54) is 6.20 Å². The summed E-state index contributed by atoms with van der Waals surface area (Å²) in [4.78, 5) is 10.3. The Morgan fingerprint density at radius 3 is 2.82 bits per heavy atom. The lowest BCUT2D eigenvalue weighted by Gasteiger charge is -1.86. The maximum Gasteiger partial charge on any atom is 0.432 e. The van der Waals surface area contributed by atoms with Crippen molar-refractivity contribution in [3.8, 4) is 6.07 Å². The molecule has 0 aliphatic heterocycles. The molecule has 0 bridgehead atoms. The van der Waals surface area contributed by atoms with Gasteiger partial charge in [-0.25, -0.2) is 4.79 Å². The topological polar surface area (TPSA) is 78.9 Å². The Morgan fingerprint density at radius 2 is 2.55 bits per heavy atom. The first kappa shape index (κ1) is 7.28. The normalized spacial score (nSPS) is 9.09. The molecule has 1 heterocycles. The van der Waals surface area contributed by atoms with Gasteiger partial charge in [-0.3, -0.25) is 0 Å². The Balaban J connectivity index is 3.18. The number of carboxylic acid groups (broad SMARTS) is 1. The molecule has 0 radical (unpaired) electrons. The molecule has 5 nitrogen and oxygen atoms in total. The van der Waals surface area contributed by atoms with Crippen LogP contribution in [0.4, 0.5) is 4.79 Å². The van der Waals surface area contributed by atoms with Crippen molar-refractivity contribution in [3.63, 3.8) is 0 Å². The number of aryl methyl sites for hydroxylation is 1. The van der Waals surface area contributed by atoms with Gasteiger partial charge in [0.25, 0.3) is 0 Å². The first-order valence-electron chi connectivity index (χ1n) is 2.85. The summed E-state index contributed by atoms with van der Waals surface area (Å²) in [5.41, 5.74) is 0.710. The molecule has 0 saturated carbocycles. The van der Waals surface area contributed by atoms with E-state index in [1.54, 1.807) is 6.92 Å². The molecule has 0 spiro atoms. The van der Waals surface area contributed by atoms with Crippen LogP contribution in [0.1, 0.15) is 11.3 Å². The quantitative estimate of drug-likeness (QED) is 0.588. The SMILES string of the molecule is Cc1nn(C(=O)O)cc1C#N. The van der Waals surface area contributed by atoms with Gasteiger partial charge in [0, 0.05) is 0 Å². The second-order valence-corrected chi connectivity index (χ2v) is 1.97. The predicted octanol–water partition coefficient (Wildman–Crippen LogP) is 0.589. The number of nitriles is 1. The van der Waals surface area contributed by atoms with E-state index >= 15 is 0 Å². The summed E-state index contributed by atoms with van der Waals surface area (Å²) in [5, 5.41) is 20.4. The van der Waals surface area contributed by atoms with Crippen LogP contribution in [0, 0.1) is 18.3 Å². The monoisotopic (exact) mass is 151 g/mol. The van der Waals surface area contributed by atoms with Crippen LogP contribution in [0.25, 0.3) is 0 Å². The van der Waals surface area contributed by atoms with E-state index in [-0.39, 0.29) is 5.56 Å². The zero-order chi connectivity index (χ0) is 8.43. The van der Waals surface area contributed by atoms with E-state index < -0.39 is 6.09 Å². The third-order valence-corrected chi connectivity index (χ3v) is 1.22. The third kappa shape index (κ3) is 1.19. The molecule has 0 atom stereocenters. The second kappa shape index (κ2) is 2.42. The lowest BCUT2D eigenvalue weighted by molar-refractivity contribution is 0.192. The average molecular weight is 151 g/mol. The van der Waals surface area contributed by atoms with Gasteiger partial charge in [0.15, 0.2) is 0 Å². The number of hydrogen-bond acceptors (Lipinski definition) is 3. The van der Waals surface area contributed by atoms with Crippen LogP contribution in [-0.4, -0.2) is 21.0 Å².